The van der Waals surface area contributed by atoms with Crippen LogP contribution >= 0.6 is 0 Å². The zero-order valence-corrected chi connectivity index (χ0v) is 16.7. The number of urea groups is 1. The van der Waals surface area contributed by atoms with Gasteiger partial charge in [0.25, 0.3) is 5.91 Å². The molecule has 0 radical (unpaired) electrons. The predicted molar refractivity (Wildman–Crippen MR) is 106 cm³/mol. The number of amides is 4. The molecule has 8 heteroatoms. The van der Waals surface area contributed by atoms with E-state index in [-0.39, 0.29) is 6.54 Å². The third-order valence-electron chi connectivity index (χ3n) is 5.13. The molecule has 154 valence electrons. The largest absolute Gasteiger partial charge is 0.337 e. The van der Waals surface area contributed by atoms with Crippen LogP contribution in [0.15, 0.2) is 48.5 Å². The lowest BCUT2D eigenvalue weighted by atomic mass is 9.91. The first kappa shape index (κ1) is 21.0. The summed E-state index contributed by atoms with van der Waals surface area (Å²) in [6, 6.07) is 13.6. The number of carbonyl (C=O) groups is 3. The number of imide groups is 1. The molecule has 3 rings (SSSR count). The fraction of sp³-hybridized carbons (Fsp3) is 0.273. The van der Waals surface area contributed by atoms with E-state index in [0.717, 1.165) is 4.90 Å². The summed E-state index contributed by atoms with van der Waals surface area (Å²) in [6.45, 7) is 3.37. The van der Waals surface area contributed by atoms with Gasteiger partial charge in [0.15, 0.2) is 0 Å². The third kappa shape index (κ3) is 4.01. The van der Waals surface area contributed by atoms with Crippen molar-refractivity contribution in [1.82, 2.24) is 15.1 Å². The topological polar surface area (TPSA) is 93.5 Å². The van der Waals surface area contributed by atoms with Gasteiger partial charge in [0, 0.05) is 13.1 Å². The van der Waals surface area contributed by atoms with Crippen LogP contribution in [0.5, 0.6) is 0 Å². The monoisotopic (exact) mass is 408 g/mol. The standard InChI is InChI=1S/C22H21FN4O3/c1-3-26(13-16-7-5-9-18(23)11-16)19(28)14-27-20(29)22(2,25-21(27)30)17-8-4-6-15(10-17)12-24/h4-11H,3,13-14H2,1-2H3,(H,25,30). The van der Waals surface area contributed by atoms with Crippen LogP contribution in [0.1, 0.15) is 30.5 Å². The molecule has 7 nitrogen and oxygen atoms in total. The van der Waals surface area contributed by atoms with E-state index in [4.69, 9.17) is 5.26 Å². The van der Waals surface area contributed by atoms with Gasteiger partial charge in [-0.05, 0) is 49.2 Å². The van der Waals surface area contributed by atoms with E-state index >= 15 is 0 Å². The minimum absolute atomic E-state index is 0.165. The van der Waals surface area contributed by atoms with Gasteiger partial charge in [-0.3, -0.25) is 14.5 Å². The van der Waals surface area contributed by atoms with E-state index in [0.29, 0.717) is 23.2 Å². The molecule has 30 heavy (non-hydrogen) atoms. The summed E-state index contributed by atoms with van der Waals surface area (Å²) in [6.07, 6.45) is 0. The Bertz CT molecular complexity index is 1050. The number of hydrogen-bond acceptors (Lipinski definition) is 4. The van der Waals surface area contributed by atoms with Crippen molar-refractivity contribution >= 4 is 17.8 Å². The number of halogens is 1. The maximum atomic E-state index is 13.4. The number of nitriles is 1. The average molecular weight is 408 g/mol. The van der Waals surface area contributed by atoms with E-state index < -0.39 is 35.7 Å². The van der Waals surface area contributed by atoms with Crippen molar-refractivity contribution < 1.29 is 18.8 Å². The highest BCUT2D eigenvalue weighted by atomic mass is 19.1. The Kier molecular flexibility index (Phi) is 5.83. The minimum atomic E-state index is -1.37. The Labute approximate surface area is 173 Å². The first-order valence-electron chi connectivity index (χ1n) is 9.45. The lowest BCUT2D eigenvalue weighted by Gasteiger charge is -2.25. The molecule has 0 aromatic heterocycles. The molecule has 1 aliphatic heterocycles. The van der Waals surface area contributed by atoms with Crippen molar-refractivity contribution in [3.8, 4) is 6.07 Å². The molecule has 1 aliphatic rings. The second-order valence-electron chi connectivity index (χ2n) is 7.18. The molecular formula is C22H21FN4O3. The Morgan fingerprint density at radius 3 is 2.63 bits per heavy atom. The summed E-state index contributed by atoms with van der Waals surface area (Å²) in [5.41, 5.74) is 0.0594. The smallest absolute Gasteiger partial charge is 0.325 e. The molecular weight excluding hydrogens is 387 g/mol. The highest BCUT2D eigenvalue weighted by Gasteiger charge is 2.49. The fourth-order valence-electron chi connectivity index (χ4n) is 3.40. The van der Waals surface area contributed by atoms with Crippen LogP contribution in [-0.2, 0) is 21.7 Å². The van der Waals surface area contributed by atoms with Crippen LogP contribution in [0.3, 0.4) is 0 Å². The number of benzene rings is 2. The number of rotatable bonds is 6. The highest BCUT2D eigenvalue weighted by molar-refractivity contribution is 6.09. The van der Waals surface area contributed by atoms with Gasteiger partial charge in [-0.1, -0.05) is 24.3 Å². The summed E-state index contributed by atoms with van der Waals surface area (Å²) in [5.74, 6) is -1.40. The molecule has 2 aromatic carbocycles. The van der Waals surface area contributed by atoms with Crippen LogP contribution in [0, 0.1) is 17.1 Å². The molecule has 1 N–H and O–H groups in total. The van der Waals surface area contributed by atoms with Gasteiger partial charge in [-0.15, -0.1) is 0 Å². The third-order valence-corrected chi connectivity index (χ3v) is 5.13. The van der Waals surface area contributed by atoms with Crippen molar-refractivity contribution in [2.75, 3.05) is 13.1 Å². The first-order chi connectivity index (χ1) is 14.3. The summed E-state index contributed by atoms with van der Waals surface area (Å²) in [7, 11) is 0. The van der Waals surface area contributed by atoms with Gasteiger partial charge in [0.1, 0.15) is 17.9 Å². The van der Waals surface area contributed by atoms with Crippen LogP contribution in [0.4, 0.5) is 9.18 Å². The fourth-order valence-corrected chi connectivity index (χ4v) is 3.40. The molecule has 4 amide bonds. The van der Waals surface area contributed by atoms with Crippen molar-refractivity contribution in [2.45, 2.75) is 25.9 Å². The zero-order chi connectivity index (χ0) is 21.9. The van der Waals surface area contributed by atoms with Gasteiger partial charge < -0.3 is 10.2 Å². The van der Waals surface area contributed by atoms with Crippen LogP contribution in [-0.4, -0.2) is 40.7 Å². The summed E-state index contributed by atoms with van der Waals surface area (Å²) >= 11 is 0. The Morgan fingerprint density at radius 1 is 1.23 bits per heavy atom. The summed E-state index contributed by atoms with van der Waals surface area (Å²) < 4.78 is 13.4. The molecule has 1 saturated heterocycles. The van der Waals surface area contributed by atoms with Crippen LogP contribution in [0.2, 0.25) is 0 Å². The van der Waals surface area contributed by atoms with E-state index in [1.807, 2.05) is 6.07 Å². The quantitative estimate of drug-likeness (QED) is 0.744. The van der Waals surface area contributed by atoms with Crippen molar-refractivity contribution in [3.05, 3.63) is 71.0 Å². The van der Waals surface area contributed by atoms with Crippen LogP contribution < -0.4 is 5.32 Å². The van der Waals surface area contributed by atoms with E-state index in [1.165, 1.54) is 23.1 Å². The SMILES string of the molecule is CCN(Cc1cccc(F)c1)C(=O)CN1C(=O)NC(C)(c2cccc(C#N)c2)C1=O. The second kappa shape index (κ2) is 8.33. The van der Waals surface area contributed by atoms with E-state index in [2.05, 4.69) is 5.32 Å². The van der Waals surface area contributed by atoms with Gasteiger partial charge in [0.05, 0.1) is 11.6 Å². The zero-order valence-electron chi connectivity index (χ0n) is 16.7. The summed E-state index contributed by atoms with van der Waals surface area (Å²) in [5, 5.41) is 11.7. The normalized spacial score (nSPS) is 18.1. The van der Waals surface area contributed by atoms with Gasteiger partial charge in [-0.2, -0.15) is 5.26 Å². The minimum Gasteiger partial charge on any atom is -0.337 e. The molecule has 0 aliphatic carbocycles. The van der Waals surface area contributed by atoms with Gasteiger partial charge in [-0.25, -0.2) is 9.18 Å². The van der Waals surface area contributed by atoms with E-state index in [9.17, 15) is 18.8 Å². The predicted octanol–water partition coefficient (Wildman–Crippen LogP) is 2.51. The number of nitrogens with one attached hydrogen (secondary N) is 1. The first-order valence-corrected chi connectivity index (χ1v) is 9.45. The lowest BCUT2D eigenvalue weighted by Crippen LogP contribution is -2.44. The maximum absolute atomic E-state index is 13.4. The number of nitrogens with zero attached hydrogens (tertiary/aromatic N) is 3. The highest BCUT2D eigenvalue weighted by Crippen LogP contribution is 2.29. The molecule has 0 saturated carbocycles. The average Bonchev–Trinajstić information content (AvgIpc) is 2.96. The Balaban J connectivity index is 1.77. The van der Waals surface area contributed by atoms with Gasteiger partial charge >= 0.3 is 6.03 Å². The van der Waals surface area contributed by atoms with Crippen molar-refractivity contribution in [1.29, 1.82) is 5.26 Å². The van der Waals surface area contributed by atoms with Crippen LogP contribution in [0.25, 0.3) is 0 Å². The molecule has 0 bridgehead atoms. The molecule has 1 fully saturated rings. The van der Waals surface area contributed by atoms with Crippen molar-refractivity contribution in [2.24, 2.45) is 0 Å². The molecule has 2 aromatic rings. The lowest BCUT2D eigenvalue weighted by molar-refractivity contribution is -0.139. The molecule has 0 spiro atoms. The number of hydrogen-bond donors (Lipinski definition) is 1. The second-order valence-corrected chi connectivity index (χ2v) is 7.18. The molecule has 1 atom stereocenters. The molecule has 1 unspecified atom stereocenters. The number of carbonyl (C=O) groups excluding carboxylic acids is 3. The van der Waals surface area contributed by atoms with E-state index in [1.54, 1.807) is 44.2 Å². The van der Waals surface area contributed by atoms with Crippen molar-refractivity contribution in [3.63, 3.8) is 0 Å². The Morgan fingerprint density at radius 2 is 1.97 bits per heavy atom. The maximum Gasteiger partial charge on any atom is 0.325 e. The number of likely N-dealkylation sites (N-methyl/N-ethyl adjacent to an activating group) is 1. The summed E-state index contributed by atoms with van der Waals surface area (Å²) in [4.78, 5) is 40.6. The van der Waals surface area contributed by atoms with Gasteiger partial charge in [0.2, 0.25) is 5.91 Å². The Hall–Kier alpha value is -3.73. The molecule has 1 heterocycles.